The molecule has 1 aliphatic rings. The van der Waals surface area contributed by atoms with E-state index in [1.165, 1.54) is 31.3 Å². The number of nitrogens with zero attached hydrogens (tertiary/aromatic N) is 1. The van der Waals surface area contributed by atoms with Gasteiger partial charge in [-0.15, -0.1) is 0 Å². The molecule has 0 N–H and O–H groups in total. The first-order chi connectivity index (χ1) is 13.9. The number of carbonyl (C=O) groups is 3. The third kappa shape index (κ3) is 4.37. The second-order valence-electron chi connectivity index (χ2n) is 6.46. The Bertz CT molecular complexity index is 945. The zero-order valence-corrected chi connectivity index (χ0v) is 16.0. The summed E-state index contributed by atoms with van der Waals surface area (Å²) in [5, 5.41) is 0. The molecule has 0 radical (unpaired) electrons. The average Bonchev–Trinajstić information content (AvgIpc) is 2.75. The molecule has 2 aromatic rings. The molecule has 7 nitrogen and oxygen atoms in total. The molecule has 0 saturated carbocycles. The highest BCUT2D eigenvalue weighted by Crippen LogP contribution is 2.24. The van der Waals surface area contributed by atoms with E-state index in [9.17, 15) is 18.8 Å². The molecular weight excluding hydrogens is 381 g/mol. The van der Waals surface area contributed by atoms with Crippen LogP contribution in [0.5, 0.6) is 5.75 Å². The molecule has 0 fully saturated rings. The summed E-state index contributed by atoms with van der Waals surface area (Å²) in [6.07, 6.45) is 0.312. The maximum atomic E-state index is 13.8. The van der Waals surface area contributed by atoms with Gasteiger partial charge in [0.2, 0.25) is 0 Å². The van der Waals surface area contributed by atoms with Crippen molar-refractivity contribution in [3.8, 4) is 5.75 Å². The van der Waals surface area contributed by atoms with Crippen LogP contribution in [0.4, 0.5) is 4.39 Å². The fourth-order valence-electron chi connectivity index (χ4n) is 3.22. The van der Waals surface area contributed by atoms with E-state index in [0.29, 0.717) is 6.42 Å². The number of esters is 2. The summed E-state index contributed by atoms with van der Waals surface area (Å²) in [6, 6.07) is 10.3. The number of fused-ring (bicyclic) bond motifs is 1. The highest BCUT2D eigenvalue weighted by Gasteiger charge is 2.35. The van der Waals surface area contributed by atoms with Crippen LogP contribution in [0.1, 0.15) is 21.5 Å². The monoisotopic (exact) mass is 401 g/mol. The Morgan fingerprint density at radius 3 is 2.48 bits per heavy atom. The molecule has 0 unspecified atom stereocenters. The Morgan fingerprint density at radius 2 is 1.83 bits per heavy atom. The molecule has 0 aliphatic carbocycles. The van der Waals surface area contributed by atoms with Crippen LogP contribution in [0.2, 0.25) is 0 Å². The van der Waals surface area contributed by atoms with Crippen LogP contribution in [0, 0.1) is 5.82 Å². The Kier molecular flexibility index (Phi) is 6.11. The molecule has 0 saturated heterocycles. The first kappa shape index (κ1) is 20.3. The van der Waals surface area contributed by atoms with Gasteiger partial charge in [0.15, 0.2) is 18.2 Å². The van der Waals surface area contributed by atoms with Gasteiger partial charge in [-0.1, -0.05) is 24.3 Å². The van der Waals surface area contributed by atoms with Crippen LogP contribution in [0.25, 0.3) is 0 Å². The SMILES string of the molecule is COC(=O)[C@@H]1Cc2ccccc2CN1C(=O)COC(=O)c1ccc(OC)c(F)c1. The summed E-state index contributed by atoms with van der Waals surface area (Å²) in [6.45, 7) is -0.383. The first-order valence-corrected chi connectivity index (χ1v) is 8.89. The largest absolute Gasteiger partial charge is 0.494 e. The fourth-order valence-corrected chi connectivity index (χ4v) is 3.22. The lowest BCUT2D eigenvalue weighted by Gasteiger charge is -2.35. The molecule has 1 aliphatic heterocycles. The van der Waals surface area contributed by atoms with Crippen LogP contribution in [-0.4, -0.2) is 49.6 Å². The molecule has 8 heteroatoms. The van der Waals surface area contributed by atoms with Gasteiger partial charge in [-0.2, -0.15) is 0 Å². The van der Waals surface area contributed by atoms with Gasteiger partial charge in [0.05, 0.1) is 19.8 Å². The van der Waals surface area contributed by atoms with Crippen LogP contribution in [0.3, 0.4) is 0 Å². The number of amides is 1. The molecule has 2 aromatic carbocycles. The van der Waals surface area contributed by atoms with Crippen molar-refractivity contribution in [1.82, 2.24) is 4.90 Å². The lowest BCUT2D eigenvalue weighted by molar-refractivity contribution is -0.155. The van der Waals surface area contributed by atoms with Gasteiger partial charge in [-0.05, 0) is 29.3 Å². The first-order valence-electron chi connectivity index (χ1n) is 8.89. The summed E-state index contributed by atoms with van der Waals surface area (Å²) in [5.74, 6) is -2.67. The lowest BCUT2D eigenvalue weighted by Crippen LogP contribution is -2.50. The number of benzene rings is 2. The Morgan fingerprint density at radius 1 is 1.10 bits per heavy atom. The predicted octanol–water partition coefficient (Wildman–Crippen LogP) is 2.12. The summed E-state index contributed by atoms with van der Waals surface area (Å²) in [7, 11) is 2.56. The second kappa shape index (κ2) is 8.72. The van der Waals surface area contributed by atoms with Crippen molar-refractivity contribution in [3.05, 3.63) is 65.0 Å². The van der Waals surface area contributed by atoms with Crippen molar-refractivity contribution < 1.29 is 33.0 Å². The zero-order valence-electron chi connectivity index (χ0n) is 16.0. The second-order valence-corrected chi connectivity index (χ2v) is 6.46. The maximum absolute atomic E-state index is 13.8. The van der Waals surface area contributed by atoms with Crippen molar-refractivity contribution in [3.63, 3.8) is 0 Å². The number of halogens is 1. The molecular formula is C21H20FNO6. The predicted molar refractivity (Wildman–Crippen MR) is 99.7 cm³/mol. The van der Waals surface area contributed by atoms with Gasteiger partial charge in [0, 0.05) is 13.0 Å². The molecule has 0 spiro atoms. The van der Waals surface area contributed by atoms with Crippen LogP contribution in [0.15, 0.2) is 42.5 Å². The zero-order chi connectivity index (χ0) is 21.0. The molecule has 3 rings (SSSR count). The molecule has 0 aromatic heterocycles. The van der Waals surface area contributed by atoms with Crippen LogP contribution in [-0.2, 0) is 32.0 Å². The highest BCUT2D eigenvalue weighted by atomic mass is 19.1. The molecule has 152 valence electrons. The fraction of sp³-hybridized carbons (Fsp3) is 0.286. The Labute approximate surface area is 167 Å². The summed E-state index contributed by atoms with van der Waals surface area (Å²) in [5.41, 5.74) is 1.81. The highest BCUT2D eigenvalue weighted by molar-refractivity contribution is 5.92. The van der Waals surface area contributed by atoms with E-state index < -0.39 is 36.3 Å². The summed E-state index contributed by atoms with van der Waals surface area (Å²) >= 11 is 0. The van der Waals surface area contributed by atoms with E-state index >= 15 is 0 Å². The molecule has 1 atom stereocenters. The van der Waals surface area contributed by atoms with E-state index in [1.54, 1.807) is 0 Å². The third-order valence-electron chi connectivity index (χ3n) is 4.76. The third-order valence-corrected chi connectivity index (χ3v) is 4.76. The van der Waals surface area contributed by atoms with Crippen molar-refractivity contribution >= 4 is 17.8 Å². The molecule has 1 heterocycles. The summed E-state index contributed by atoms with van der Waals surface area (Å²) in [4.78, 5) is 38.4. The number of hydrogen-bond donors (Lipinski definition) is 0. The Balaban J connectivity index is 1.70. The number of ether oxygens (including phenoxy) is 3. The van der Waals surface area contributed by atoms with Gasteiger partial charge in [0.1, 0.15) is 6.04 Å². The lowest BCUT2D eigenvalue weighted by atomic mass is 9.94. The molecule has 0 bridgehead atoms. The number of hydrogen-bond acceptors (Lipinski definition) is 6. The van der Waals surface area contributed by atoms with Gasteiger partial charge in [0.25, 0.3) is 5.91 Å². The summed E-state index contributed by atoms with van der Waals surface area (Å²) < 4.78 is 28.4. The van der Waals surface area contributed by atoms with E-state index in [1.807, 2.05) is 24.3 Å². The van der Waals surface area contributed by atoms with Gasteiger partial charge in [-0.3, -0.25) is 4.79 Å². The van der Waals surface area contributed by atoms with Gasteiger partial charge in [-0.25, -0.2) is 14.0 Å². The van der Waals surface area contributed by atoms with Gasteiger partial charge < -0.3 is 19.1 Å². The minimum absolute atomic E-state index is 0.00877. The molecule has 1 amide bonds. The quantitative estimate of drug-likeness (QED) is 0.714. The van der Waals surface area contributed by atoms with Gasteiger partial charge >= 0.3 is 11.9 Å². The minimum Gasteiger partial charge on any atom is -0.494 e. The minimum atomic E-state index is -0.855. The van der Waals surface area contributed by atoms with Crippen molar-refractivity contribution in [2.45, 2.75) is 19.0 Å². The average molecular weight is 401 g/mol. The van der Waals surface area contributed by atoms with E-state index in [4.69, 9.17) is 14.2 Å². The van der Waals surface area contributed by atoms with Crippen LogP contribution >= 0.6 is 0 Å². The van der Waals surface area contributed by atoms with Crippen molar-refractivity contribution in [2.75, 3.05) is 20.8 Å². The van der Waals surface area contributed by atoms with E-state index in [-0.39, 0.29) is 17.9 Å². The maximum Gasteiger partial charge on any atom is 0.338 e. The normalized spacial score (nSPS) is 15.3. The van der Waals surface area contributed by atoms with Crippen molar-refractivity contribution in [2.24, 2.45) is 0 Å². The van der Waals surface area contributed by atoms with Crippen molar-refractivity contribution in [1.29, 1.82) is 0 Å². The number of carbonyl (C=O) groups excluding carboxylic acids is 3. The standard InChI is InChI=1S/C21H20FNO6/c1-27-18-8-7-14(9-16(18)22)20(25)29-12-19(24)23-11-15-6-4-3-5-13(15)10-17(23)21(26)28-2/h3-9,17H,10-12H2,1-2H3/t17-/m0/s1. The van der Waals surface area contributed by atoms with E-state index in [2.05, 4.69) is 0 Å². The number of methoxy groups -OCH3 is 2. The number of rotatable bonds is 5. The smallest absolute Gasteiger partial charge is 0.338 e. The molecule has 29 heavy (non-hydrogen) atoms. The van der Waals surface area contributed by atoms with Crippen LogP contribution < -0.4 is 4.74 Å². The Hall–Kier alpha value is -3.42. The topological polar surface area (TPSA) is 82.1 Å². The van der Waals surface area contributed by atoms with E-state index in [0.717, 1.165) is 17.2 Å².